The van der Waals surface area contributed by atoms with Crippen LogP contribution in [0.15, 0.2) is 36.4 Å². The topological polar surface area (TPSA) is 52.5 Å². The van der Waals surface area contributed by atoms with Crippen LogP contribution in [0.25, 0.3) is 10.8 Å². The van der Waals surface area contributed by atoms with Crippen LogP contribution in [-0.4, -0.2) is 22.4 Å². The molecule has 108 valence electrons. The van der Waals surface area contributed by atoms with Gasteiger partial charge in [-0.15, -0.1) is 0 Å². The molecular formula is C17H23NO2. The molecule has 2 aromatic rings. The zero-order valence-corrected chi connectivity index (χ0v) is 12.3. The van der Waals surface area contributed by atoms with Crippen LogP contribution in [0.1, 0.15) is 38.8 Å². The van der Waals surface area contributed by atoms with E-state index in [1.165, 1.54) is 0 Å². The molecule has 0 radical (unpaired) electrons. The second-order valence-corrected chi connectivity index (χ2v) is 5.60. The van der Waals surface area contributed by atoms with Gasteiger partial charge in [0.25, 0.3) is 0 Å². The van der Waals surface area contributed by atoms with Crippen LogP contribution in [0, 0.1) is 0 Å². The number of phenols is 1. The van der Waals surface area contributed by atoms with E-state index in [0.717, 1.165) is 16.3 Å². The van der Waals surface area contributed by atoms with Crippen molar-refractivity contribution in [1.82, 2.24) is 5.32 Å². The largest absolute Gasteiger partial charge is 0.507 e. The number of hydrogen-bond acceptors (Lipinski definition) is 3. The lowest BCUT2D eigenvalue weighted by molar-refractivity contribution is 0.168. The first kappa shape index (κ1) is 14.8. The summed E-state index contributed by atoms with van der Waals surface area (Å²) in [6.45, 7) is 5.86. The minimum Gasteiger partial charge on any atom is -0.507 e. The third-order valence-electron chi connectivity index (χ3n) is 3.63. The third-order valence-corrected chi connectivity index (χ3v) is 3.63. The maximum Gasteiger partial charge on any atom is 0.128 e. The van der Waals surface area contributed by atoms with Crippen LogP contribution in [0.4, 0.5) is 0 Å². The zero-order valence-electron chi connectivity index (χ0n) is 12.3. The summed E-state index contributed by atoms with van der Waals surface area (Å²) in [6.07, 6.45) is 0.369. The molecule has 0 spiro atoms. The molecule has 2 aromatic carbocycles. The van der Waals surface area contributed by atoms with E-state index in [-0.39, 0.29) is 18.2 Å². The average Bonchev–Trinajstić information content (AvgIpc) is 2.38. The van der Waals surface area contributed by atoms with Gasteiger partial charge in [-0.3, -0.25) is 0 Å². The Hall–Kier alpha value is -1.58. The summed E-state index contributed by atoms with van der Waals surface area (Å²) in [4.78, 5) is 0. The van der Waals surface area contributed by atoms with Crippen LogP contribution in [0.5, 0.6) is 5.75 Å². The molecule has 2 rings (SSSR count). The first-order valence-electron chi connectivity index (χ1n) is 7.13. The lowest BCUT2D eigenvalue weighted by Gasteiger charge is -2.22. The first-order chi connectivity index (χ1) is 9.49. The summed E-state index contributed by atoms with van der Waals surface area (Å²) in [5, 5.41) is 25.2. The molecule has 20 heavy (non-hydrogen) atoms. The van der Waals surface area contributed by atoms with E-state index in [9.17, 15) is 10.2 Å². The van der Waals surface area contributed by atoms with Gasteiger partial charge in [0, 0.05) is 23.0 Å². The second kappa shape index (κ2) is 6.25. The van der Waals surface area contributed by atoms with Crippen LogP contribution in [0.2, 0.25) is 0 Å². The Kier molecular flexibility index (Phi) is 4.63. The number of hydrogen-bond donors (Lipinski definition) is 3. The fourth-order valence-corrected chi connectivity index (χ4v) is 2.72. The van der Waals surface area contributed by atoms with Crippen molar-refractivity contribution in [1.29, 1.82) is 0 Å². The maximum absolute atomic E-state index is 10.4. The average molecular weight is 273 g/mol. The molecule has 0 saturated heterocycles. The quantitative estimate of drug-likeness (QED) is 0.783. The molecule has 0 heterocycles. The molecule has 3 heteroatoms. The normalized spacial score (nSPS) is 16.0. The maximum atomic E-state index is 10.4. The summed E-state index contributed by atoms with van der Waals surface area (Å²) in [6, 6.07) is 12.0. The predicted octanol–water partition coefficient (Wildman–Crippen LogP) is 3.36. The molecule has 3 atom stereocenters. The highest BCUT2D eigenvalue weighted by molar-refractivity contribution is 5.89. The SMILES string of the molecule is CC(O)CC(C)NC(C)c1ccc2ccccc2c1O. The van der Waals surface area contributed by atoms with E-state index >= 15 is 0 Å². The molecular weight excluding hydrogens is 250 g/mol. The van der Waals surface area contributed by atoms with Crippen molar-refractivity contribution in [3.63, 3.8) is 0 Å². The number of fused-ring (bicyclic) bond motifs is 1. The first-order valence-corrected chi connectivity index (χ1v) is 7.13. The zero-order chi connectivity index (χ0) is 14.7. The van der Waals surface area contributed by atoms with Crippen LogP contribution in [-0.2, 0) is 0 Å². The van der Waals surface area contributed by atoms with E-state index in [1.807, 2.05) is 50.2 Å². The van der Waals surface area contributed by atoms with E-state index in [2.05, 4.69) is 5.32 Å². The van der Waals surface area contributed by atoms with E-state index in [4.69, 9.17) is 0 Å². The molecule has 0 aliphatic carbocycles. The number of aromatic hydroxyl groups is 1. The number of nitrogens with one attached hydrogen (secondary N) is 1. The van der Waals surface area contributed by atoms with Gasteiger partial charge in [0.05, 0.1) is 6.10 Å². The number of rotatable bonds is 5. The molecule has 3 N–H and O–H groups in total. The van der Waals surface area contributed by atoms with Gasteiger partial charge >= 0.3 is 0 Å². The molecule has 0 amide bonds. The molecule has 0 aliphatic heterocycles. The standard InChI is InChI=1S/C17H23NO2/c1-11(10-12(2)19)18-13(3)15-9-8-14-6-4-5-7-16(14)17(15)20/h4-9,11-13,18-20H,10H2,1-3H3. The highest BCUT2D eigenvalue weighted by Crippen LogP contribution is 2.32. The van der Waals surface area contributed by atoms with Gasteiger partial charge < -0.3 is 15.5 Å². The van der Waals surface area contributed by atoms with Crippen molar-refractivity contribution in [3.05, 3.63) is 42.0 Å². The van der Waals surface area contributed by atoms with Gasteiger partial charge in [0.15, 0.2) is 0 Å². The summed E-state index contributed by atoms with van der Waals surface area (Å²) in [7, 11) is 0. The molecule has 0 fully saturated rings. The van der Waals surface area contributed by atoms with Gasteiger partial charge in [-0.05, 0) is 32.6 Å². The second-order valence-electron chi connectivity index (χ2n) is 5.60. The van der Waals surface area contributed by atoms with Gasteiger partial charge in [-0.2, -0.15) is 0 Å². The molecule has 0 bridgehead atoms. The summed E-state index contributed by atoms with van der Waals surface area (Å²) < 4.78 is 0. The minimum absolute atomic E-state index is 0.0355. The van der Waals surface area contributed by atoms with Crippen molar-refractivity contribution in [3.8, 4) is 5.75 Å². The molecule has 0 aromatic heterocycles. The van der Waals surface area contributed by atoms with Gasteiger partial charge in [0.1, 0.15) is 5.75 Å². The fraction of sp³-hybridized carbons (Fsp3) is 0.412. The van der Waals surface area contributed by atoms with Gasteiger partial charge in [0.2, 0.25) is 0 Å². The summed E-state index contributed by atoms with van der Waals surface area (Å²) >= 11 is 0. The Morgan fingerprint density at radius 3 is 2.45 bits per heavy atom. The number of aliphatic hydroxyl groups excluding tert-OH is 1. The monoisotopic (exact) mass is 273 g/mol. The highest BCUT2D eigenvalue weighted by Gasteiger charge is 2.15. The van der Waals surface area contributed by atoms with E-state index < -0.39 is 0 Å². The molecule has 0 aliphatic rings. The van der Waals surface area contributed by atoms with Crippen molar-refractivity contribution in [2.75, 3.05) is 0 Å². The Morgan fingerprint density at radius 2 is 1.75 bits per heavy atom. The smallest absolute Gasteiger partial charge is 0.128 e. The van der Waals surface area contributed by atoms with Crippen molar-refractivity contribution < 1.29 is 10.2 Å². The highest BCUT2D eigenvalue weighted by atomic mass is 16.3. The minimum atomic E-state index is -0.324. The Bertz CT molecular complexity index is 580. The van der Waals surface area contributed by atoms with E-state index in [0.29, 0.717) is 12.2 Å². The van der Waals surface area contributed by atoms with E-state index in [1.54, 1.807) is 6.92 Å². The van der Waals surface area contributed by atoms with Crippen LogP contribution >= 0.6 is 0 Å². The van der Waals surface area contributed by atoms with Gasteiger partial charge in [-0.25, -0.2) is 0 Å². The Labute approximate surface area is 120 Å². The fourth-order valence-electron chi connectivity index (χ4n) is 2.72. The lowest BCUT2D eigenvalue weighted by atomic mass is 10.00. The van der Waals surface area contributed by atoms with Crippen LogP contribution < -0.4 is 5.32 Å². The summed E-state index contributed by atoms with van der Waals surface area (Å²) in [5.74, 6) is 0.340. The van der Waals surface area contributed by atoms with Gasteiger partial charge in [-0.1, -0.05) is 36.4 Å². The molecule has 3 unspecified atom stereocenters. The number of phenolic OH excluding ortho intramolecular Hbond substituents is 1. The lowest BCUT2D eigenvalue weighted by Crippen LogP contribution is -2.31. The Balaban J connectivity index is 2.22. The number of benzene rings is 2. The Morgan fingerprint density at radius 1 is 1.05 bits per heavy atom. The summed E-state index contributed by atoms with van der Waals surface area (Å²) in [5.41, 5.74) is 0.890. The number of aliphatic hydroxyl groups is 1. The van der Waals surface area contributed by atoms with Crippen molar-refractivity contribution in [2.24, 2.45) is 0 Å². The van der Waals surface area contributed by atoms with Crippen molar-refractivity contribution >= 4 is 10.8 Å². The third kappa shape index (κ3) is 3.30. The van der Waals surface area contributed by atoms with Crippen molar-refractivity contribution in [2.45, 2.75) is 45.4 Å². The molecule has 3 nitrogen and oxygen atoms in total. The predicted molar refractivity (Wildman–Crippen MR) is 82.9 cm³/mol. The van der Waals surface area contributed by atoms with Crippen LogP contribution in [0.3, 0.4) is 0 Å². The molecule has 0 saturated carbocycles.